The molecule has 1 N–H and O–H groups in total. The largest absolute Gasteiger partial charge is 0.369 e. The molecule has 0 radical (unpaired) electrons. The normalized spacial score (nSPS) is 16.3. The summed E-state index contributed by atoms with van der Waals surface area (Å²) in [5.74, 6) is 0.553. The zero-order valence-electron chi connectivity index (χ0n) is 12.9. The van der Waals surface area contributed by atoms with Gasteiger partial charge in [0.1, 0.15) is 5.15 Å². The van der Waals surface area contributed by atoms with Crippen LogP contribution >= 0.6 is 11.6 Å². The van der Waals surface area contributed by atoms with E-state index in [1.54, 1.807) is 19.3 Å². The molecule has 8 heteroatoms. The molecule has 0 saturated heterocycles. The van der Waals surface area contributed by atoms with E-state index in [1.165, 1.54) is 0 Å². The summed E-state index contributed by atoms with van der Waals surface area (Å²) in [5, 5.41) is 14.8. The zero-order valence-corrected chi connectivity index (χ0v) is 13.7. The van der Waals surface area contributed by atoms with E-state index in [-0.39, 0.29) is 16.7 Å². The first-order valence-electron chi connectivity index (χ1n) is 7.07. The third-order valence-electron chi connectivity index (χ3n) is 3.64. The standard InChI is InChI=1S/C14H20ClN5O2/c1-10(2)18-8-12(20(21)22)14(16-3)19(9-18)7-11-4-5-13(15)17-6-11/h4-6,10,16H,7-9H2,1-3H3. The molecule has 22 heavy (non-hydrogen) atoms. The molecule has 0 saturated carbocycles. The summed E-state index contributed by atoms with van der Waals surface area (Å²) in [5.41, 5.74) is 1.13. The number of nitrogens with zero attached hydrogens (tertiary/aromatic N) is 4. The van der Waals surface area contributed by atoms with Crippen LogP contribution in [0.25, 0.3) is 0 Å². The number of halogens is 1. The average molecular weight is 326 g/mol. The maximum atomic E-state index is 11.4. The summed E-state index contributed by atoms with van der Waals surface area (Å²) < 4.78 is 0. The predicted octanol–water partition coefficient (Wildman–Crippen LogP) is 1.88. The minimum absolute atomic E-state index is 0.185. The van der Waals surface area contributed by atoms with Gasteiger partial charge in [0.25, 0.3) is 5.70 Å². The second kappa shape index (κ2) is 6.93. The second-order valence-corrected chi connectivity index (χ2v) is 5.86. The Morgan fingerprint density at radius 3 is 2.73 bits per heavy atom. The highest BCUT2D eigenvalue weighted by atomic mass is 35.5. The van der Waals surface area contributed by atoms with Crippen molar-refractivity contribution in [2.75, 3.05) is 20.3 Å². The van der Waals surface area contributed by atoms with E-state index in [4.69, 9.17) is 11.6 Å². The molecule has 1 aliphatic heterocycles. The second-order valence-electron chi connectivity index (χ2n) is 5.47. The summed E-state index contributed by atoms with van der Waals surface area (Å²) in [4.78, 5) is 19.1. The number of hydrogen-bond donors (Lipinski definition) is 1. The van der Waals surface area contributed by atoms with Crippen LogP contribution in [-0.2, 0) is 6.54 Å². The highest BCUT2D eigenvalue weighted by Gasteiger charge is 2.33. The molecule has 2 rings (SSSR count). The van der Waals surface area contributed by atoms with Gasteiger partial charge in [-0.25, -0.2) is 4.98 Å². The van der Waals surface area contributed by atoms with Crippen molar-refractivity contribution in [3.8, 4) is 0 Å². The summed E-state index contributed by atoms with van der Waals surface area (Å²) in [6, 6.07) is 3.82. The molecule has 120 valence electrons. The van der Waals surface area contributed by atoms with E-state index in [2.05, 4.69) is 15.2 Å². The summed E-state index contributed by atoms with van der Waals surface area (Å²) in [7, 11) is 1.71. The number of nitrogens with one attached hydrogen (secondary N) is 1. The lowest BCUT2D eigenvalue weighted by molar-refractivity contribution is -0.433. The third-order valence-corrected chi connectivity index (χ3v) is 3.87. The number of pyridine rings is 1. The fourth-order valence-corrected chi connectivity index (χ4v) is 2.54. The average Bonchev–Trinajstić information content (AvgIpc) is 2.48. The van der Waals surface area contributed by atoms with Gasteiger partial charge >= 0.3 is 0 Å². The van der Waals surface area contributed by atoms with E-state index in [1.807, 2.05) is 24.8 Å². The van der Waals surface area contributed by atoms with E-state index in [0.29, 0.717) is 30.7 Å². The SMILES string of the molecule is CNC1=C([N+](=O)[O-])CN(C(C)C)CN1Cc1ccc(Cl)nc1. The van der Waals surface area contributed by atoms with Gasteiger partial charge < -0.3 is 10.2 Å². The highest BCUT2D eigenvalue weighted by molar-refractivity contribution is 6.29. The van der Waals surface area contributed by atoms with Crippen LogP contribution in [0.1, 0.15) is 19.4 Å². The van der Waals surface area contributed by atoms with Crippen molar-refractivity contribution in [3.05, 3.63) is 50.7 Å². The van der Waals surface area contributed by atoms with Crippen LogP contribution in [0.15, 0.2) is 29.8 Å². The predicted molar refractivity (Wildman–Crippen MR) is 84.6 cm³/mol. The Morgan fingerprint density at radius 1 is 1.50 bits per heavy atom. The number of nitro groups is 1. The Labute approximate surface area is 134 Å². The molecule has 1 aromatic rings. The molecule has 1 aliphatic rings. The van der Waals surface area contributed by atoms with E-state index >= 15 is 0 Å². The molecule has 0 atom stereocenters. The fourth-order valence-electron chi connectivity index (χ4n) is 2.43. The summed E-state index contributed by atoms with van der Waals surface area (Å²) in [6.45, 7) is 5.54. The van der Waals surface area contributed by atoms with Crippen LogP contribution < -0.4 is 5.32 Å². The molecule has 7 nitrogen and oxygen atoms in total. The molecule has 0 aliphatic carbocycles. The molecule has 0 spiro atoms. The monoisotopic (exact) mass is 325 g/mol. The maximum Gasteiger partial charge on any atom is 0.299 e. The summed E-state index contributed by atoms with van der Waals surface area (Å²) >= 11 is 5.80. The zero-order chi connectivity index (χ0) is 16.3. The Kier molecular flexibility index (Phi) is 5.20. The first-order valence-corrected chi connectivity index (χ1v) is 7.45. The van der Waals surface area contributed by atoms with Gasteiger partial charge in [-0.3, -0.25) is 15.0 Å². The van der Waals surface area contributed by atoms with Crippen molar-refractivity contribution < 1.29 is 4.92 Å². The van der Waals surface area contributed by atoms with Crippen LogP contribution in [0, 0.1) is 10.1 Å². The van der Waals surface area contributed by atoms with Crippen molar-refractivity contribution in [3.63, 3.8) is 0 Å². The number of aromatic nitrogens is 1. The van der Waals surface area contributed by atoms with Crippen molar-refractivity contribution in [1.82, 2.24) is 20.1 Å². The number of hydrogen-bond acceptors (Lipinski definition) is 6. The van der Waals surface area contributed by atoms with Crippen molar-refractivity contribution >= 4 is 11.6 Å². The smallest absolute Gasteiger partial charge is 0.299 e. The number of rotatable bonds is 5. The van der Waals surface area contributed by atoms with Gasteiger partial charge in [-0.1, -0.05) is 17.7 Å². The fraction of sp³-hybridized carbons (Fsp3) is 0.500. The van der Waals surface area contributed by atoms with Gasteiger partial charge in [-0.2, -0.15) is 0 Å². The Morgan fingerprint density at radius 2 is 2.23 bits per heavy atom. The van der Waals surface area contributed by atoms with Crippen LogP contribution in [0.2, 0.25) is 5.15 Å². The van der Waals surface area contributed by atoms with Crippen LogP contribution in [0.4, 0.5) is 0 Å². The molecular formula is C14H20ClN5O2. The van der Waals surface area contributed by atoms with Gasteiger partial charge in [-0.05, 0) is 25.5 Å². The molecule has 0 unspecified atom stereocenters. The summed E-state index contributed by atoms with van der Waals surface area (Å²) in [6.07, 6.45) is 1.69. The van der Waals surface area contributed by atoms with E-state index in [9.17, 15) is 10.1 Å². The van der Waals surface area contributed by atoms with Crippen LogP contribution in [-0.4, -0.2) is 46.0 Å². The third kappa shape index (κ3) is 3.66. The maximum absolute atomic E-state index is 11.4. The molecule has 2 heterocycles. The first kappa shape index (κ1) is 16.5. The van der Waals surface area contributed by atoms with Gasteiger partial charge in [0.15, 0.2) is 5.82 Å². The molecule has 0 bridgehead atoms. The molecule has 0 amide bonds. The van der Waals surface area contributed by atoms with Crippen LogP contribution in [0.3, 0.4) is 0 Å². The Bertz CT molecular complexity index is 573. The molecule has 1 aromatic heterocycles. The first-order chi connectivity index (χ1) is 10.4. The van der Waals surface area contributed by atoms with Crippen molar-refractivity contribution in [1.29, 1.82) is 0 Å². The van der Waals surface area contributed by atoms with Gasteiger partial charge in [-0.15, -0.1) is 0 Å². The highest BCUT2D eigenvalue weighted by Crippen LogP contribution is 2.21. The van der Waals surface area contributed by atoms with Crippen LogP contribution in [0.5, 0.6) is 0 Å². The van der Waals surface area contributed by atoms with Gasteiger partial charge in [0, 0.05) is 25.8 Å². The topological polar surface area (TPSA) is 74.5 Å². The molecule has 0 fully saturated rings. The van der Waals surface area contributed by atoms with Gasteiger partial charge in [0.05, 0.1) is 18.1 Å². The molecule has 0 aromatic carbocycles. The molecular weight excluding hydrogens is 306 g/mol. The minimum Gasteiger partial charge on any atom is -0.369 e. The van der Waals surface area contributed by atoms with Crippen molar-refractivity contribution in [2.24, 2.45) is 0 Å². The van der Waals surface area contributed by atoms with Gasteiger partial charge in [0.2, 0.25) is 0 Å². The quantitative estimate of drug-likeness (QED) is 0.506. The Balaban J connectivity index is 2.30. The van der Waals surface area contributed by atoms with E-state index in [0.717, 1.165) is 5.56 Å². The minimum atomic E-state index is -0.312. The lowest BCUT2D eigenvalue weighted by atomic mass is 10.2. The lowest BCUT2D eigenvalue weighted by Crippen LogP contribution is -2.50. The Hall–Kier alpha value is -1.86. The lowest BCUT2D eigenvalue weighted by Gasteiger charge is -2.38. The van der Waals surface area contributed by atoms with E-state index < -0.39 is 0 Å². The van der Waals surface area contributed by atoms with Crippen molar-refractivity contribution in [2.45, 2.75) is 26.4 Å².